The van der Waals surface area contributed by atoms with Gasteiger partial charge in [0, 0.05) is 19.5 Å². The highest BCUT2D eigenvalue weighted by molar-refractivity contribution is 5.97. The van der Waals surface area contributed by atoms with Gasteiger partial charge in [-0.2, -0.15) is 0 Å². The van der Waals surface area contributed by atoms with Crippen LogP contribution in [-0.4, -0.2) is 96.7 Å². The highest BCUT2D eigenvalue weighted by Gasteiger charge is 2.33. The highest BCUT2D eigenvalue weighted by atomic mass is 16.2. The van der Waals surface area contributed by atoms with Crippen molar-refractivity contribution >= 4 is 47.3 Å². The van der Waals surface area contributed by atoms with Gasteiger partial charge in [0.1, 0.15) is 30.2 Å². The van der Waals surface area contributed by atoms with Crippen LogP contribution in [0, 0.1) is 5.92 Å². The van der Waals surface area contributed by atoms with Gasteiger partial charge < -0.3 is 54.8 Å². The van der Waals surface area contributed by atoms with E-state index >= 15 is 0 Å². The minimum absolute atomic E-state index is 0.0308. The zero-order chi connectivity index (χ0) is 38.8. The van der Waals surface area contributed by atoms with Crippen LogP contribution in [0.25, 0.3) is 0 Å². The lowest BCUT2D eigenvalue weighted by Gasteiger charge is -2.28. The van der Waals surface area contributed by atoms with Crippen LogP contribution in [0.4, 0.5) is 0 Å². The molecule has 1 aliphatic rings. The van der Waals surface area contributed by atoms with E-state index in [2.05, 4.69) is 36.9 Å². The molecule has 0 unspecified atom stereocenters. The Bertz CT molecular complexity index is 1420. The van der Waals surface area contributed by atoms with Gasteiger partial charge in [-0.05, 0) is 56.9 Å². The zero-order valence-electron chi connectivity index (χ0n) is 30.1. The first kappa shape index (κ1) is 42.9. The molecule has 0 bridgehead atoms. The van der Waals surface area contributed by atoms with Crippen LogP contribution in [0.3, 0.4) is 0 Å². The number of hydrogen-bond acceptors (Lipinski definition) is 9. The molecule has 18 nitrogen and oxygen atoms in total. The summed E-state index contributed by atoms with van der Waals surface area (Å²) in [5, 5.41) is 15.9. The van der Waals surface area contributed by atoms with Crippen LogP contribution in [0.5, 0.6) is 0 Å². The molecule has 0 radical (unpaired) electrons. The number of carbonyl (C=O) groups is 7. The number of hydrogen-bond donors (Lipinski definition) is 10. The first-order valence-electron chi connectivity index (χ1n) is 17.5. The molecule has 1 heterocycles. The molecule has 288 valence electrons. The summed E-state index contributed by atoms with van der Waals surface area (Å²) in [6.07, 6.45) is 0.956. The van der Waals surface area contributed by atoms with Gasteiger partial charge in [-0.25, -0.2) is 0 Å². The van der Waals surface area contributed by atoms with Gasteiger partial charge in [-0.1, -0.05) is 44.2 Å². The van der Waals surface area contributed by atoms with Crippen molar-refractivity contribution in [1.29, 1.82) is 0 Å². The number of nitrogens with zero attached hydrogens (tertiary/aromatic N) is 1. The second-order valence-corrected chi connectivity index (χ2v) is 13.3. The molecule has 1 aliphatic heterocycles. The summed E-state index contributed by atoms with van der Waals surface area (Å²) in [6, 6.07) is 2.13. The van der Waals surface area contributed by atoms with Crippen LogP contribution < -0.4 is 54.8 Å². The Balaban J connectivity index is 2.44. The molecule has 14 N–H and O–H groups in total. The molecule has 6 atom stereocenters. The predicted molar refractivity (Wildman–Crippen MR) is 193 cm³/mol. The summed E-state index contributed by atoms with van der Waals surface area (Å²) in [7, 11) is 0. The number of aliphatic imine (C=N–C) groups is 1. The minimum atomic E-state index is -1.36. The quantitative estimate of drug-likeness (QED) is 0.0568. The summed E-state index contributed by atoms with van der Waals surface area (Å²) >= 11 is 0. The lowest BCUT2D eigenvalue weighted by atomic mass is 10.00. The van der Waals surface area contributed by atoms with Crippen LogP contribution in [0.15, 0.2) is 35.3 Å². The van der Waals surface area contributed by atoms with E-state index in [0.717, 1.165) is 5.56 Å². The third-order valence-corrected chi connectivity index (χ3v) is 8.17. The number of primary amides is 1. The molecule has 0 aromatic heterocycles. The average Bonchev–Trinajstić information content (AvgIpc) is 3.07. The lowest BCUT2D eigenvalue weighted by molar-refractivity contribution is -0.135. The van der Waals surface area contributed by atoms with Crippen molar-refractivity contribution in [2.75, 3.05) is 13.1 Å². The Morgan fingerprint density at radius 1 is 0.885 bits per heavy atom. The van der Waals surface area contributed by atoms with Crippen LogP contribution in [-0.2, 0) is 40.0 Å². The fraction of sp³-hybridized carbons (Fsp3) is 0.588. The molecule has 1 fully saturated rings. The molecule has 1 saturated heterocycles. The SMILES string of the molecule is CC(C)C[C@@H]1NC(=O)[C@@H](NC(=O)[C@H](Cc2ccccc2)NC(=O)[C@H](C)N)CCCCNC(=O)C[C@@H](C(N)=O)NC(=O)[C@H](CCCN=C(N)N)NC1=O. The number of benzene rings is 1. The fourth-order valence-electron chi connectivity index (χ4n) is 5.38. The normalized spacial score (nSPS) is 21.9. The minimum Gasteiger partial charge on any atom is -0.370 e. The predicted octanol–water partition coefficient (Wildman–Crippen LogP) is -2.72. The molecule has 0 aliphatic carbocycles. The Morgan fingerprint density at radius 3 is 2.15 bits per heavy atom. The molecule has 0 saturated carbocycles. The largest absolute Gasteiger partial charge is 0.370 e. The number of rotatable bonds is 13. The molecule has 0 spiro atoms. The Labute approximate surface area is 303 Å². The van der Waals surface area contributed by atoms with E-state index in [1.54, 1.807) is 24.3 Å². The van der Waals surface area contributed by atoms with E-state index in [1.165, 1.54) is 6.92 Å². The van der Waals surface area contributed by atoms with Crippen molar-refractivity contribution in [3.63, 3.8) is 0 Å². The van der Waals surface area contributed by atoms with Crippen molar-refractivity contribution in [3.8, 4) is 0 Å². The second kappa shape index (κ2) is 21.8. The summed E-state index contributed by atoms with van der Waals surface area (Å²) in [5.41, 5.74) is 22.8. The maximum Gasteiger partial charge on any atom is 0.243 e. The Hall–Kier alpha value is -5.26. The van der Waals surface area contributed by atoms with Gasteiger partial charge in [0.2, 0.25) is 41.4 Å². The topological polar surface area (TPSA) is 308 Å². The maximum atomic E-state index is 13.9. The van der Waals surface area contributed by atoms with E-state index < -0.39 is 84.0 Å². The fourth-order valence-corrected chi connectivity index (χ4v) is 5.38. The number of carbonyl (C=O) groups excluding carboxylic acids is 7. The maximum absolute atomic E-state index is 13.9. The van der Waals surface area contributed by atoms with Gasteiger partial charge in [0.05, 0.1) is 12.5 Å². The highest BCUT2D eigenvalue weighted by Crippen LogP contribution is 2.11. The number of nitrogens with two attached hydrogens (primary N) is 4. The molecule has 7 amide bonds. The van der Waals surface area contributed by atoms with E-state index in [1.807, 2.05) is 19.9 Å². The smallest absolute Gasteiger partial charge is 0.243 e. The first-order valence-corrected chi connectivity index (χ1v) is 17.5. The van der Waals surface area contributed by atoms with E-state index in [-0.39, 0.29) is 57.1 Å². The van der Waals surface area contributed by atoms with Gasteiger partial charge in [0.15, 0.2) is 5.96 Å². The molecule has 1 aromatic carbocycles. The summed E-state index contributed by atoms with van der Waals surface area (Å²) in [4.78, 5) is 96.1. The monoisotopic (exact) mass is 729 g/mol. The molecule has 18 heteroatoms. The molecular weight excluding hydrogens is 674 g/mol. The third kappa shape index (κ3) is 15.7. The Kier molecular flexibility index (Phi) is 18.0. The van der Waals surface area contributed by atoms with Crippen molar-refractivity contribution in [2.45, 2.75) is 108 Å². The van der Waals surface area contributed by atoms with Crippen LogP contribution >= 0.6 is 0 Å². The Morgan fingerprint density at radius 2 is 1.54 bits per heavy atom. The van der Waals surface area contributed by atoms with E-state index in [4.69, 9.17) is 22.9 Å². The molecular formula is C34H55N11O7. The second-order valence-electron chi connectivity index (χ2n) is 13.3. The number of nitrogens with one attached hydrogen (secondary N) is 6. The van der Waals surface area contributed by atoms with E-state index in [9.17, 15) is 33.6 Å². The first-order chi connectivity index (χ1) is 24.6. The van der Waals surface area contributed by atoms with Crippen molar-refractivity contribution < 1.29 is 33.6 Å². The van der Waals surface area contributed by atoms with E-state index in [0.29, 0.717) is 12.8 Å². The van der Waals surface area contributed by atoms with Gasteiger partial charge >= 0.3 is 0 Å². The number of guanidine groups is 1. The van der Waals surface area contributed by atoms with Crippen LogP contribution in [0.2, 0.25) is 0 Å². The van der Waals surface area contributed by atoms with Crippen LogP contribution in [0.1, 0.15) is 71.3 Å². The third-order valence-electron chi connectivity index (χ3n) is 8.17. The summed E-state index contributed by atoms with van der Waals surface area (Å²) in [5.74, 6) is -5.10. The number of amides is 7. The average molecular weight is 730 g/mol. The summed E-state index contributed by atoms with van der Waals surface area (Å²) < 4.78 is 0. The molecule has 1 aromatic rings. The lowest BCUT2D eigenvalue weighted by Crippen LogP contribution is -2.59. The van der Waals surface area contributed by atoms with Gasteiger partial charge in [0.25, 0.3) is 0 Å². The van der Waals surface area contributed by atoms with Gasteiger partial charge in [-0.15, -0.1) is 0 Å². The molecule has 2 rings (SSSR count). The summed E-state index contributed by atoms with van der Waals surface area (Å²) in [6.45, 7) is 5.46. The van der Waals surface area contributed by atoms with Crippen molar-refractivity contribution in [2.24, 2.45) is 33.8 Å². The van der Waals surface area contributed by atoms with Crippen molar-refractivity contribution in [3.05, 3.63) is 35.9 Å². The van der Waals surface area contributed by atoms with Crippen molar-refractivity contribution in [1.82, 2.24) is 31.9 Å². The zero-order valence-corrected chi connectivity index (χ0v) is 30.1. The molecule has 52 heavy (non-hydrogen) atoms. The standard InChI is InChI=1S/C34H55N11O7/c1-19(2)16-25-32(51)42-23(13-9-15-40-34(37)38)30(49)43-24(28(36)47)18-27(46)39-14-8-7-12-22(31(50)45-25)41-33(52)26(44-29(48)20(3)35)17-21-10-5-4-6-11-21/h4-6,10-11,19-20,22-26H,7-9,12-18,35H2,1-3H3,(H2,36,47)(H,39,46)(H,41,52)(H,42,51)(H,43,49)(H,44,48)(H,45,50)(H4,37,38,40)/t20-,22-,23-,24-,25-,26-/m0/s1. The van der Waals surface area contributed by atoms with Gasteiger partial charge in [-0.3, -0.25) is 38.6 Å².